The van der Waals surface area contributed by atoms with Gasteiger partial charge in [0, 0.05) is 17.4 Å². The second kappa shape index (κ2) is 5.21. The molecule has 6 rings (SSSR count). The Morgan fingerprint density at radius 1 is 1.14 bits per heavy atom. The smallest absolute Gasteiger partial charge is 0.339 e. The number of carbonyl (C=O) groups excluding carboxylic acids is 1. The van der Waals surface area contributed by atoms with Gasteiger partial charge in [-0.15, -0.1) is 0 Å². The van der Waals surface area contributed by atoms with Crippen LogP contribution in [0.4, 0.5) is 0 Å². The van der Waals surface area contributed by atoms with E-state index in [9.17, 15) is 18.3 Å². The molecule has 7 heteroatoms. The highest BCUT2D eigenvalue weighted by atomic mass is 32.2. The number of carbonyl (C=O) groups is 1. The van der Waals surface area contributed by atoms with Crippen molar-refractivity contribution in [1.82, 2.24) is 4.31 Å². The third-order valence-electron chi connectivity index (χ3n) is 10.3. The summed E-state index contributed by atoms with van der Waals surface area (Å²) >= 11 is 0. The van der Waals surface area contributed by atoms with Gasteiger partial charge in [-0.1, -0.05) is 6.92 Å². The zero-order valence-corrected chi connectivity index (χ0v) is 17.6. The Hall–Kier alpha value is -0.500. The number of hydrogen-bond acceptors (Lipinski definition) is 5. The van der Waals surface area contributed by atoms with Crippen LogP contribution in [0.15, 0.2) is 0 Å². The summed E-state index contributed by atoms with van der Waals surface area (Å²) in [6.45, 7) is 4.36. The van der Waals surface area contributed by atoms with Crippen molar-refractivity contribution < 1.29 is 22.5 Å². The first-order valence-corrected chi connectivity index (χ1v) is 12.4. The highest BCUT2D eigenvalue weighted by Gasteiger charge is 2.85. The summed E-state index contributed by atoms with van der Waals surface area (Å²) in [6.07, 6.45) is 6.84. The SMILES string of the molecule is CC(=O)[C@H]1CC[C@H]2[C@@H]3C[C@H]4N5[C@]46C[C@H](O)CC[C@]6(COS5(=O)=O)[C@H]3CC[C@]12C. The van der Waals surface area contributed by atoms with Crippen LogP contribution in [0.3, 0.4) is 0 Å². The number of ketones is 1. The molecule has 0 amide bonds. The molecule has 1 spiro atoms. The van der Waals surface area contributed by atoms with E-state index in [0.717, 1.165) is 44.9 Å². The van der Waals surface area contributed by atoms with Gasteiger partial charge in [0.05, 0.1) is 18.2 Å². The lowest BCUT2D eigenvalue weighted by molar-refractivity contribution is -0.142. The molecule has 28 heavy (non-hydrogen) atoms. The van der Waals surface area contributed by atoms with Crippen LogP contribution in [0.5, 0.6) is 0 Å². The molecule has 156 valence electrons. The lowest BCUT2D eigenvalue weighted by atomic mass is 9.44. The molecule has 1 unspecified atom stereocenters. The summed E-state index contributed by atoms with van der Waals surface area (Å²) < 4.78 is 32.7. The van der Waals surface area contributed by atoms with Crippen molar-refractivity contribution in [2.75, 3.05) is 6.61 Å². The Balaban J connectivity index is 1.44. The van der Waals surface area contributed by atoms with E-state index in [-0.39, 0.29) is 29.4 Å². The molecule has 2 aliphatic heterocycles. The van der Waals surface area contributed by atoms with Gasteiger partial charge >= 0.3 is 10.3 Å². The first kappa shape index (κ1) is 18.3. The van der Waals surface area contributed by atoms with Gasteiger partial charge in [-0.2, -0.15) is 12.7 Å². The van der Waals surface area contributed by atoms with Crippen LogP contribution in [-0.4, -0.2) is 47.9 Å². The van der Waals surface area contributed by atoms with Crippen LogP contribution in [0.2, 0.25) is 0 Å². The van der Waals surface area contributed by atoms with E-state index in [4.69, 9.17) is 4.18 Å². The van der Waals surface area contributed by atoms with Gasteiger partial charge in [-0.3, -0.25) is 8.98 Å². The molecule has 6 nitrogen and oxygen atoms in total. The molecule has 0 bridgehead atoms. The first-order valence-electron chi connectivity index (χ1n) is 11.0. The molecule has 4 saturated carbocycles. The molecule has 0 aromatic heterocycles. The van der Waals surface area contributed by atoms with E-state index in [1.165, 1.54) is 0 Å². The van der Waals surface area contributed by atoms with Crippen molar-refractivity contribution >= 4 is 16.1 Å². The van der Waals surface area contributed by atoms with Gasteiger partial charge < -0.3 is 5.11 Å². The Labute approximate surface area is 167 Å². The molecule has 1 N–H and O–H groups in total. The van der Waals surface area contributed by atoms with Crippen molar-refractivity contribution in [2.24, 2.45) is 34.5 Å². The number of Topliss-reactive ketones (excluding diaryl/α,β-unsaturated/α-hetero) is 1. The number of nitrogens with zero attached hydrogens (tertiary/aromatic N) is 1. The number of aliphatic hydroxyl groups excluding tert-OH is 1. The van der Waals surface area contributed by atoms with Gasteiger partial charge in [-0.05, 0) is 81.5 Å². The second-order valence-corrected chi connectivity index (χ2v) is 12.4. The van der Waals surface area contributed by atoms with Crippen molar-refractivity contribution in [3.8, 4) is 0 Å². The lowest BCUT2D eigenvalue weighted by Gasteiger charge is -2.61. The molecular formula is C21H31NO5S. The van der Waals surface area contributed by atoms with E-state index in [1.54, 1.807) is 11.2 Å². The van der Waals surface area contributed by atoms with Crippen molar-refractivity contribution in [3.05, 3.63) is 0 Å². The predicted molar refractivity (Wildman–Crippen MR) is 101 cm³/mol. The molecule has 10 atom stereocenters. The number of hydrogen-bond donors (Lipinski definition) is 1. The van der Waals surface area contributed by atoms with Crippen molar-refractivity contribution in [2.45, 2.75) is 82.9 Å². The largest absolute Gasteiger partial charge is 0.393 e. The summed E-state index contributed by atoms with van der Waals surface area (Å²) in [4.78, 5) is 12.3. The van der Waals surface area contributed by atoms with Gasteiger partial charge in [0.1, 0.15) is 5.78 Å². The van der Waals surface area contributed by atoms with E-state index < -0.39 is 21.9 Å². The Morgan fingerprint density at radius 2 is 1.93 bits per heavy atom. The van der Waals surface area contributed by atoms with Crippen molar-refractivity contribution in [1.29, 1.82) is 0 Å². The van der Waals surface area contributed by atoms with E-state index in [0.29, 0.717) is 30.0 Å². The molecular weight excluding hydrogens is 378 g/mol. The molecule has 0 aromatic rings. The summed E-state index contributed by atoms with van der Waals surface area (Å²) in [5, 5.41) is 10.4. The summed E-state index contributed by atoms with van der Waals surface area (Å²) in [6, 6.07) is -0.0186. The third kappa shape index (κ3) is 1.83. The Bertz CT molecular complexity index is 859. The third-order valence-corrected chi connectivity index (χ3v) is 11.8. The summed E-state index contributed by atoms with van der Waals surface area (Å²) in [7, 11) is -3.69. The molecule has 6 fully saturated rings. The summed E-state index contributed by atoms with van der Waals surface area (Å²) in [5.74, 6) is 1.91. The molecule has 6 aliphatic rings. The fraction of sp³-hybridized carbons (Fsp3) is 0.952. The molecule has 2 heterocycles. The first-order chi connectivity index (χ1) is 13.2. The van der Waals surface area contributed by atoms with E-state index in [2.05, 4.69) is 6.92 Å². The molecule has 0 radical (unpaired) electrons. The zero-order chi connectivity index (χ0) is 19.7. The number of rotatable bonds is 1. The topological polar surface area (TPSA) is 83.7 Å². The minimum Gasteiger partial charge on any atom is -0.393 e. The van der Waals surface area contributed by atoms with Crippen LogP contribution in [0.1, 0.15) is 65.2 Å². The number of fused-ring (bicyclic) bond motifs is 4. The monoisotopic (exact) mass is 409 g/mol. The van der Waals surface area contributed by atoms with Crippen LogP contribution in [0.25, 0.3) is 0 Å². The van der Waals surface area contributed by atoms with Gasteiger partial charge in [0.25, 0.3) is 0 Å². The van der Waals surface area contributed by atoms with Gasteiger partial charge in [-0.25, -0.2) is 0 Å². The predicted octanol–water partition coefficient (Wildman–Crippen LogP) is 2.27. The average molecular weight is 410 g/mol. The second-order valence-electron chi connectivity index (χ2n) is 10.9. The van der Waals surface area contributed by atoms with Gasteiger partial charge in [0.15, 0.2) is 0 Å². The fourth-order valence-corrected chi connectivity index (χ4v) is 11.1. The zero-order valence-electron chi connectivity index (χ0n) is 16.8. The standard InChI is InChI=1S/C21H31NO5S/c1-12(23)15-3-4-16-14-9-18-21-10-13(24)5-8-20(21,11-27-28(25,26)22(18)21)17(14)6-7-19(15,16)2/h13-18,24H,3-11H2,1-2H3/t13-,14+,15-,16+,17+,18-,19-,20+,21-,22?/m1/s1. The Morgan fingerprint density at radius 3 is 2.68 bits per heavy atom. The van der Waals surface area contributed by atoms with E-state index in [1.807, 2.05) is 0 Å². The van der Waals surface area contributed by atoms with Gasteiger partial charge in [0.2, 0.25) is 0 Å². The maximum Gasteiger partial charge on any atom is 0.339 e. The minimum absolute atomic E-state index is 0.0186. The quantitative estimate of drug-likeness (QED) is 0.672. The minimum atomic E-state index is -3.69. The highest BCUT2D eigenvalue weighted by Crippen LogP contribution is 2.77. The van der Waals surface area contributed by atoms with Crippen LogP contribution in [-0.2, 0) is 19.3 Å². The highest BCUT2D eigenvalue weighted by molar-refractivity contribution is 7.84. The average Bonchev–Trinajstić information content (AvgIpc) is 3.12. The molecule has 4 aliphatic carbocycles. The molecule has 2 saturated heterocycles. The fourth-order valence-electron chi connectivity index (χ4n) is 9.37. The van der Waals surface area contributed by atoms with Crippen LogP contribution >= 0.6 is 0 Å². The van der Waals surface area contributed by atoms with Crippen LogP contribution in [0, 0.1) is 34.5 Å². The molecule has 0 aromatic carbocycles. The van der Waals surface area contributed by atoms with Crippen LogP contribution < -0.4 is 0 Å². The maximum absolute atomic E-state index is 12.7. The lowest BCUT2D eigenvalue weighted by Crippen LogP contribution is -2.64. The van der Waals surface area contributed by atoms with E-state index >= 15 is 0 Å². The Kier molecular flexibility index (Phi) is 3.40. The maximum atomic E-state index is 12.7. The van der Waals surface area contributed by atoms with Crippen molar-refractivity contribution in [3.63, 3.8) is 0 Å². The summed E-state index contributed by atoms with van der Waals surface area (Å²) in [5.41, 5.74) is -0.494. The normalized spacial score (nSPS) is 60.8. The number of aliphatic hydroxyl groups is 1.